The molecule has 2 heterocycles. The summed E-state index contributed by atoms with van der Waals surface area (Å²) in [5, 5.41) is 11.4. The number of hydrogen-bond acceptors (Lipinski definition) is 3. The Morgan fingerprint density at radius 1 is 1.28 bits per heavy atom. The van der Waals surface area contributed by atoms with E-state index in [9.17, 15) is 0 Å². The molecule has 0 saturated carbocycles. The van der Waals surface area contributed by atoms with Crippen molar-refractivity contribution in [2.24, 2.45) is 4.99 Å². The summed E-state index contributed by atoms with van der Waals surface area (Å²) in [6.45, 7) is 8.64. The molecule has 25 heavy (non-hydrogen) atoms. The number of aliphatic imine (C=N–C) groups is 1. The van der Waals surface area contributed by atoms with Crippen LogP contribution in [-0.2, 0) is 19.4 Å². The summed E-state index contributed by atoms with van der Waals surface area (Å²) in [6.07, 6.45) is 2.97. The van der Waals surface area contributed by atoms with Gasteiger partial charge in [-0.25, -0.2) is 9.67 Å². The van der Waals surface area contributed by atoms with Crippen molar-refractivity contribution in [2.75, 3.05) is 13.1 Å². The van der Waals surface area contributed by atoms with E-state index in [2.05, 4.69) is 58.8 Å². The van der Waals surface area contributed by atoms with Crippen molar-refractivity contribution >= 4 is 5.96 Å². The normalized spacial score (nSPS) is 17.2. The van der Waals surface area contributed by atoms with Crippen LogP contribution in [0.3, 0.4) is 0 Å². The first-order valence-corrected chi connectivity index (χ1v) is 9.14. The van der Waals surface area contributed by atoms with Crippen LogP contribution in [-0.4, -0.2) is 39.9 Å². The van der Waals surface area contributed by atoms with Gasteiger partial charge in [-0.2, -0.15) is 5.10 Å². The van der Waals surface area contributed by atoms with Crippen LogP contribution in [0.25, 0.3) is 0 Å². The zero-order chi connectivity index (χ0) is 17.6. The summed E-state index contributed by atoms with van der Waals surface area (Å²) < 4.78 is 2.02. The predicted octanol–water partition coefficient (Wildman–Crippen LogP) is 2.01. The summed E-state index contributed by atoms with van der Waals surface area (Å²) in [7, 11) is 0. The van der Waals surface area contributed by atoms with Gasteiger partial charge in [0.15, 0.2) is 5.96 Å². The van der Waals surface area contributed by atoms with Gasteiger partial charge in [0.05, 0.1) is 6.54 Å². The van der Waals surface area contributed by atoms with Crippen molar-refractivity contribution in [1.82, 2.24) is 25.4 Å². The van der Waals surface area contributed by atoms with Gasteiger partial charge in [0.25, 0.3) is 0 Å². The van der Waals surface area contributed by atoms with E-state index in [1.54, 1.807) is 0 Å². The quantitative estimate of drug-likeness (QED) is 0.645. The molecule has 6 heteroatoms. The third-order valence-electron chi connectivity index (χ3n) is 4.44. The van der Waals surface area contributed by atoms with Gasteiger partial charge in [0.1, 0.15) is 11.6 Å². The van der Waals surface area contributed by atoms with E-state index < -0.39 is 0 Å². The summed E-state index contributed by atoms with van der Waals surface area (Å²) in [4.78, 5) is 9.20. The number of guanidine groups is 1. The number of rotatable bonds is 5. The Kier molecular flexibility index (Phi) is 5.68. The zero-order valence-electron chi connectivity index (χ0n) is 15.4. The molecule has 0 saturated heterocycles. The average molecular weight is 340 g/mol. The maximum Gasteiger partial charge on any atom is 0.191 e. The third kappa shape index (κ3) is 4.81. The maximum absolute atomic E-state index is 4.74. The molecule has 0 bridgehead atoms. The Bertz CT molecular complexity index is 716. The number of hydrogen-bond donors (Lipinski definition) is 2. The number of nitrogens with one attached hydrogen (secondary N) is 2. The van der Waals surface area contributed by atoms with E-state index in [1.807, 2.05) is 11.6 Å². The standard InChI is InChI=1S/C19H28N6/c1-4-20-19(21-12-11-16-7-5-14(2)6-8-16)23-17-9-10-18-22-15(3)24-25(18)13-17/h5-8,17H,4,9-13H2,1-3H3,(H2,20,21,23). The molecule has 1 aromatic heterocycles. The largest absolute Gasteiger partial charge is 0.357 e. The van der Waals surface area contributed by atoms with Gasteiger partial charge >= 0.3 is 0 Å². The van der Waals surface area contributed by atoms with Crippen LogP contribution in [0.2, 0.25) is 0 Å². The monoisotopic (exact) mass is 340 g/mol. The Hall–Kier alpha value is -2.37. The number of aryl methyl sites for hydroxylation is 3. The lowest BCUT2D eigenvalue weighted by Crippen LogP contribution is -2.47. The highest BCUT2D eigenvalue weighted by Crippen LogP contribution is 2.12. The molecule has 134 valence electrons. The van der Waals surface area contributed by atoms with Gasteiger partial charge in [-0.3, -0.25) is 4.99 Å². The van der Waals surface area contributed by atoms with E-state index in [-0.39, 0.29) is 0 Å². The minimum atomic E-state index is 0.339. The minimum absolute atomic E-state index is 0.339. The highest BCUT2D eigenvalue weighted by molar-refractivity contribution is 5.80. The summed E-state index contributed by atoms with van der Waals surface area (Å²) in [6, 6.07) is 9.01. The lowest BCUT2D eigenvalue weighted by molar-refractivity contribution is 0.392. The zero-order valence-corrected chi connectivity index (χ0v) is 15.4. The summed E-state index contributed by atoms with van der Waals surface area (Å²) in [5.41, 5.74) is 2.62. The Morgan fingerprint density at radius 2 is 2.08 bits per heavy atom. The third-order valence-corrected chi connectivity index (χ3v) is 4.44. The minimum Gasteiger partial charge on any atom is -0.357 e. The molecule has 1 unspecified atom stereocenters. The molecule has 0 radical (unpaired) electrons. The van der Waals surface area contributed by atoms with E-state index in [4.69, 9.17) is 4.99 Å². The van der Waals surface area contributed by atoms with Crippen LogP contribution in [0.1, 0.15) is 36.1 Å². The molecule has 0 aliphatic carbocycles. The van der Waals surface area contributed by atoms with Crippen LogP contribution in [0.15, 0.2) is 29.3 Å². The van der Waals surface area contributed by atoms with Crippen molar-refractivity contribution in [2.45, 2.75) is 52.6 Å². The van der Waals surface area contributed by atoms with Crippen LogP contribution in [0, 0.1) is 13.8 Å². The molecule has 6 nitrogen and oxygen atoms in total. The topological polar surface area (TPSA) is 67.1 Å². The Morgan fingerprint density at radius 3 is 2.84 bits per heavy atom. The lowest BCUT2D eigenvalue weighted by atomic mass is 10.1. The lowest BCUT2D eigenvalue weighted by Gasteiger charge is -2.25. The van der Waals surface area contributed by atoms with Gasteiger partial charge in [-0.1, -0.05) is 29.8 Å². The fourth-order valence-corrected chi connectivity index (χ4v) is 3.12. The maximum atomic E-state index is 4.74. The molecule has 3 rings (SSSR count). The fraction of sp³-hybridized carbons (Fsp3) is 0.526. The van der Waals surface area contributed by atoms with Gasteiger partial charge < -0.3 is 10.6 Å². The van der Waals surface area contributed by atoms with E-state index >= 15 is 0 Å². The summed E-state index contributed by atoms with van der Waals surface area (Å²) >= 11 is 0. The molecule has 2 N–H and O–H groups in total. The Balaban J connectivity index is 1.56. The second kappa shape index (κ2) is 8.14. The number of aromatic nitrogens is 3. The second-order valence-electron chi connectivity index (χ2n) is 6.63. The van der Waals surface area contributed by atoms with Gasteiger partial charge in [-0.15, -0.1) is 0 Å². The first-order chi connectivity index (χ1) is 12.1. The number of nitrogens with zero attached hydrogens (tertiary/aromatic N) is 4. The van der Waals surface area contributed by atoms with E-state index in [0.29, 0.717) is 6.04 Å². The van der Waals surface area contributed by atoms with E-state index in [0.717, 1.165) is 56.5 Å². The van der Waals surface area contributed by atoms with Crippen LogP contribution >= 0.6 is 0 Å². The fourth-order valence-electron chi connectivity index (χ4n) is 3.12. The molecular formula is C19H28N6. The highest BCUT2D eigenvalue weighted by Gasteiger charge is 2.21. The van der Waals surface area contributed by atoms with Gasteiger partial charge in [0, 0.05) is 25.6 Å². The molecule has 2 aromatic rings. The van der Waals surface area contributed by atoms with Crippen molar-refractivity contribution in [3.63, 3.8) is 0 Å². The second-order valence-corrected chi connectivity index (χ2v) is 6.63. The predicted molar refractivity (Wildman–Crippen MR) is 101 cm³/mol. The van der Waals surface area contributed by atoms with Crippen molar-refractivity contribution in [1.29, 1.82) is 0 Å². The molecule has 1 aliphatic rings. The highest BCUT2D eigenvalue weighted by atomic mass is 15.4. The molecule has 1 aliphatic heterocycles. The smallest absolute Gasteiger partial charge is 0.191 e. The SMILES string of the molecule is CCNC(=NCCc1ccc(C)cc1)NC1CCc2nc(C)nn2C1. The average Bonchev–Trinajstić information content (AvgIpc) is 2.96. The van der Waals surface area contributed by atoms with Crippen molar-refractivity contribution in [3.05, 3.63) is 47.0 Å². The summed E-state index contributed by atoms with van der Waals surface area (Å²) in [5.74, 6) is 2.84. The van der Waals surface area contributed by atoms with Crippen LogP contribution in [0.5, 0.6) is 0 Å². The van der Waals surface area contributed by atoms with Crippen LogP contribution < -0.4 is 10.6 Å². The first kappa shape index (κ1) is 17.5. The molecule has 0 spiro atoms. The number of benzene rings is 1. The van der Waals surface area contributed by atoms with Crippen molar-refractivity contribution < 1.29 is 0 Å². The Labute approximate surface area is 149 Å². The molecule has 1 aromatic carbocycles. The molecule has 0 amide bonds. The first-order valence-electron chi connectivity index (χ1n) is 9.14. The van der Waals surface area contributed by atoms with E-state index in [1.165, 1.54) is 11.1 Å². The molecule has 0 fully saturated rings. The van der Waals surface area contributed by atoms with Crippen LogP contribution in [0.4, 0.5) is 0 Å². The molecular weight excluding hydrogens is 312 g/mol. The van der Waals surface area contributed by atoms with Gasteiger partial charge in [0.2, 0.25) is 0 Å². The van der Waals surface area contributed by atoms with Crippen molar-refractivity contribution in [3.8, 4) is 0 Å². The molecule has 1 atom stereocenters. The number of fused-ring (bicyclic) bond motifs is 1. The van der Waals surface area contributed by atoms with Gasteiger partial charge in [-0.05, 0) is 39.2 Å².